The molecule has 0 atom stereocenters. The van der Waals surface area contributed by atoms with Gasteiger partial charge in [-0.3, -0.25) is 4.79 Å². The molecule has 0 bridgehead atoms. The molecule has 0 saturated carbocycles. The highest BCUT2D eigenvalue weighted by Crippen LogP contribution is 2.21. The fourth-order valence-corrected chi connectivity index (χ4v) is 2.72. The maximum atomic E-state index is 11.3. The fraction of sp³-hybridized carbons (Fsp3) is 0.286. The number of rotatable bonds is 9. The van der Waals surface area contributed by atoms with E-state index in [1.165, 1.54) is 0 Å². The molecule has 3 aromatic rings. The van der Waals surface area contributed by atoms with Gasteiger partial charge in [0.2, 0.25) is 0 Å². The summed E-state index contributed by atoms with van der Waals surface area (Å²) in [4.78, 5) is 20.1. The van der Waals surface area contributed by atoms with Crippen molar-refractivity contribution in [2.45, 2.75) is 26.4 Å². The number of para-hydroxylation sites is 2. The number of carbonyl (C=O) groups is 1. The first kappa shape index (κ1) is 19.9. The van der Waals surface area contributed by atoms with E-state index in [2.05, 4.69) is 9.97 Å². The van der Waals surface area contributed by atoms with Gasteiger partial charge in [-0.25, -0.2) is 9.97 Å². The Labute approximate surface area is 168 Å². The molecule has 0 N–H and O–H groups in total. The molecule has 0 aliphatic carbocycles. The number of ether oxygens (including phenoxy) is 3. The number of halogens is 1. The normalized spacial score (nSPS) is 10.6. The number of aromatic nitrogens is 2. The lowest BCUT2D eigenvalue weighted by Gasteiger charge is -2.09. The average molecular weight is 401 g/mol. The summed E-state index contributed by atoms with van der Waals surface area (Å²) in [6, 6.07) is 14.8. The van der Waals surface area contributed by atoms with Gasteiger partial charge in [-0.15, -0.1) is 0 Å². The van der Waals surface area contributed by atoms with Crippen molar-refractivity contribution in [2.24, 2.45) is 0 Å². The highest BCUT2D eigenvalue weighted by molar-refractivity contribution is 6.30. The molecule has 28 heavy (non-hydrogen) atoms. The van der Waals surface area contributed by atoms with Crippen molar-refractivity contribution in [1.29, 1.82) is 0 Å². The van der Waals surface area contributed by atoms with E-state index in [1.807, 2.05) is 48.5 Å². The van der Waals surface area contributed by atoms with E-state index < -0.39 is 0 Å². The Hall–Kier alpha value is -2.86. The van der Waals surface area contributed by atoms with Crippen molar-refractivity contribution >= 4 is 28.6 Å². The van der Waals surface area contributed by atoms with Crippen LogP contribution in [0.3, 0.4) is 0 Å². The average Bonchev–Trinajstić information content (AvgIpc) is 2.71. The second-order valence-corrected chi connectivity index (χ2v) is 6.32. The van der Waals surface area contributed by atoms with Gasteiger partial charge >= 0.3 is 5.97 Å². The number of fused-ring (bicyclic) bond motifs is 1. The van der Waals surface area contributed by atoms with Crippen LogP contribution in [0.1, 0.15) is 25.5 Å². The maximum absolute atomic E-state index is 11.3. The largest absolute Gasteiger partial charge is 0.494 e. The molecule has 1 aromatic heterocycles. The minimum Gasteiger partial charge on any atom is -0.494 e. The first-order valence-electron chi connectivity index (χ1n) is 9.08. The molecule has 146 valence electrons. The Bertz CT molecular complexity index is 931. The number of hydrogen-bond acceptors (Lipinski definition) is 6. The number of esters is 1. The van der Waals surface area contributed by atoms with Crippen LogP contribution in [0.25, 0.3) is 11.0 Å². The third-order valence-corrected chi connectivity index (χ3v) is 4.20. The zero-order chi connectivity index (χ0) is 19.8. The van der Waals surface area contributed by atoms with Gasteiger partial charge in [0.05, 0.1) is 24.2 Å². The first-order chi connectivity index (χ1) is 13.7. The third kappa shape index (κ3) is 5.57. The molecule has 0 spiro atoms. The Morgan fingerprint density at radius 1 is 0.964 bits per heavy atom. The molecule has 0 radical (unpaired) electrons. The van der Waals surface area contributed by atoms with E-state index in [1.54, 1.807) is 6.92 Å². The summed E-state index contributed by atoms with van der Waals surface area (Å²) >= 11 is 6.20. The Balaban J connectivity index is 1.49. The molecule has 0 fully saturated rings. The summed E-state index contributed by atoms with van der Waals surface area (Å²) in [6.07, 6.45) is 0.957. The lowest BCUT2D eigenvalue weighted by molar-refractivity contribution is -0.143. The monoisotopic (exact) mass is 400 g/mol. The van der Waals surface area contributed by atoms with Crippen molar-refractivity contribution in [3.8, 4) is 11.5 Å². The first-order valence-corrected chi connectivity index (χ1v) is 9.46. The Kier molecular flexibility index (Phi) is 7.03. The molecule has 0 aliphatic heterocycles. The molecule has 0 unspecified atom stereocenters. The van der Waals surface area contributed by atoms with Crippen molar-refractivity contribution in [3.05, 3.63) is 59.4 Å². The highest BCUT2D eigenvalue weighted by atomic mass is 35.5. The predicted octanol–water partition coefficient (Wildman–Crippen LogP) is 4.58. The molecular formula is C21H21ClN2O4. The van der Waals surface area contributed by atoms with Gasteiger partial charge in [0, 0.05) is 6.42 Å². The van der Waals surface area contributed by atoms with Crippen molar-refractivity contribution < 1.29 is 19.0 Å². The van der Waals surface area contributed by atoms with Gasteiger partial charge in [0.15, 0.2) is 5.15 Å². The van der Waals surface area contributed by atoms with E-state index in [4.69, 9.17) is 25.8 Å². The van der Waals surface area contributed by atoms with Crippen molar-refractivity contribution in [3.63, 3.8) is 0 Å². The topological polar surface area (TPSA) is 70.5 Å². The maximum Gasteiger partial charge on any atom is 0.305 e. The van der Waals surface area contributed by atoms with Crippen LogP contribution in [0.2, 0.25) is 5.15 Å². The van der Waals surface area contributed by atoms with E-state index in [9.17, 15) is 4.79 Å². The van der Waals surface area contributed by atoms with Crippen LogP contribution in [0.15, 0.2) is 48.5 Å². The lowest BCUT2D eigenvalue weighted by atomic mass is 10.3. The molecule has 0 saturated heterocycles. The molecule has 3 rings (SSSR count). The van der Waals surface area contributed by atoms with E-state index in [-0.39, 0.29) is 12.6 Å². The molecule has 6 nitrogen and oxygen atoms in total. The zero-order valence-electron chi connectivity index (χ0n) is 15.6. The Morgan fingerprint density at radius 2 is 1.61 bits per heavy atom. The van der Waals surface area contributed by atoms with E-state index in [0.717, 1.165) is 11.0 Å². The second-order valence-electron chi connectivity index (χ2n) is 5.97. The quantitative estimate of drug-likeness (QED) is 0.386. The number of carbonyl (C=O) groups excluding carboxylic acids is 1. The Morgan fingerprint density at radius 3 is 2.29 bits per heavy atom. The van der Waals surface area contributed by atoms with E-state index in [0.29, 0.717) is 48.4 Å². The van der Waals surface area contributed by atoms with Gasteiger partial charge in [-0.1, -0.05) is 23.7 Å². The molecule has 2 aromatic carbocycles. The molecule has 0 aliphatic rings. The number of hydrogen-bond donors (Lipinski definition) is 0. The van der Waals surface area contributed by atoms with Crippen LogP contribution < -0.4 is 9.47 Å². The molecule has 7 heteroatoms. The molecule has 0 amide bonds. The van der Waals surface area contributed by atoms with Gasteiger partial charge in [-0.05, 0) is 49.7 Å². The molecule has 1 heterocycles. The summed E-state index contributed by atoms with van der Waals surface area (Å²) in [5.74, 6) is 1.18. The van der Waals surface area contributed by atoms with Gasteiger partial charge in [-0.2, -0.15) is 0 Å². The number of benzene rings is 2. The van der Waals surface area contributed by atoms with Gasteiger partial charge in [0.25, 0.3) is 0 Å². The summed E-state index contributed by atoms with van der Waals surface area (Å²) in [7, 11) is 0. The van der Waals surface area contributed by atoms with Gasteiger partial charge < -0.3 is 14.2 Å². The highest BCUT2D eigenvalue weighted by Gasteiger charge is 2.08. The van der Waals surface area contributed by atoms with Crippen LogP contribution in [0.5, 0.6) is 11.5 Å². The fourth-order valence-electron chi connectivity index (χ4n) is 2.53. The minimum absolute atomic E-state index is 0.203. The SMILES string of the molecule is CCOC(=O)CCCOc1ccc(OCc2nc3ccccc3nc2Cl)cc1. The van der Waals surface area contributed by atoms with Crippen LogP contribution >= 0.6 is 11.6 Å². The van der Waals surface area contributed by atoms with Crippen LogP contribution in [0.4, 0.5) is 0 Å². The summed E-state index contributed by atoms with van der Waals surface area (Å²) < 4.78 is 16.2. The van der Waals surface area contributed by atoms with Crippen molar-refractivity contribution in [1.82, 2.24) is 9.97 Å². The van der Waals surface area contributed by atoms with Crippen LogP contribution in [-0.4, -0.2) is 29.2 Å². The number of nitrogens with zero attached hydrogens (tertiary/aromatic N) is 2. The third-order valence-electron chi connectivity index (χ3n) is 3.89. The molecular weight excluding hydrogens is 380 g/mol. The summed E-state index contributed by atoms with van der Waals surface area (Å²) in [5, 5.41) is 0.334. The minimum atomic E-state index is -0.203. The van der Waals surface area contributed by atoms with E-state index >= 15 is 0 Å². The van der Waals surface area contributed by atoms with Gasteiger partial charge in [0.1, 0.15) is 23.8 Å². The van der Waals surface area contributed by atoms with Crippen molar-refractivity contribution in [2.75, 3.05) is 13.2 Å². The predicted molar refractivity (Wildman–Crippen MR) is 107 cm³/mol. The smallest absolute Gasteiger partial charge is 0.305 e. The standard InChI is InChI=1S/C21H21ClN2O4/c1-2-26-20(25)8-5-13-27-15-9-11-16(12-10-15)28-14-19-21(22)24-18-7-4-3-6-17(18)23-19/h3-4,6-7,9-12H,2,5,8,13-14H2,1H3. The lowest BCUT2D eigenvalue weighted by Crippen LogP contribution is -2.06. The summed E-state index contributed by atoms with van der Waals surface area (Å²) in [5.41, 5.74) is 2.11. The second kappa shape index (κ2) is 9.90. The van der Waals surface area contributed by atoms with Crippen LogP contribution in [-0.2, 0) is 16.1 Å². The summed E-state index contributed by atoms with van der Waals surface area (Å²) in [6.45, 7) is 2.85. The zero-order valence-corrected chi connectivity index (χ0v) is 16.3. The van der Waals surface area contributed by atoms with Crippen LogP contribution in [0, 0.1) is 0 Å².